The molecule has 76 valence electrons. The third-order valence-corrected chi connectivity index (χ3v) is 2.68. The van der Waals surface area contributed by atoms with Gasteiger partial charge in [-0.15, -0.1) is 0 Å². The van der Waals surface area contributed by atoms with E-state index in [-0.39, 0.29) is 0 Å². The molecule has 0 bridgehead atoms. The number of hydrogen-bond acceptors (Lipinski definition) is 3. The first kappa shape index (κ1) is 9.46. The van der Waals surface area contributed by atoms with Gasteiger partial charge >= 0.3 is 0 Å². The van der Waals surface area contributed by atoms with E-state index in [0.717, 1.165) is 18.7 Å². The van der Waals surface area contributed by atoms with E-state index >= 15 is 0 Å². The van der Waals surface area contributed by atoms with Crippen LogP contribution in [0.5, 0.6) is 5.88 Å². The molecule has 1 fully saturated rings. The predicted octanol–water partition coefficient (Wildman–Crippen LogP) is 1.52. The van der Waals surface area contributed by atoms with Crippen molar-refractivity contribution in [1.82, 2.24) is 10.3 Å². The quantitative estimate of drug-likeness (QED) is 0.788. The number of rotatable bonds is 3. The molecule has 1 N–H and O–H groups in total. The minimum Gasteiger partial charge on any atom is -0.474 e. The van der Waals surface area contributed by atoms with Crippen LogP contribution in [0.3, 0.4) is 0 Å². The zero-order valence-corrected chi connectivity index (χ0v) is 8.66. The van der Waals surface area contributed by atoms with Crippen LogP contribution >= 0.6 is 0 Å². The molecule has 0 saturated heterocycles. The van der Waals surface area contributed by atoms with Crippen molar-refractivity contribution in [2.45, 2.75) is 31.9 Å². The van der Waals surface area contributed by atoms with Gasteiger partial charge < -0.3 is 10.1 Å². The molecule has 0 unspecified atom stereocenters. The Kier molecular flexibility index (Phi) is 2.68. The number of pyridine rings is 1. The molecule has 0 atom stereocenters. The van der Waals surface area contributed by atoms with E-state index < -0.39 is 0 Å². The van der Waals surface area contributed by atoms with Crippen molar-refractivity contribution >= 4 is 0 Å². The summed E-state index contributed by atoms with van der Waals surface area (Å²) in [5.74, 6) is 0.754. The zero-order chi connectivity index (χ0) is 9.97. The molecule has 0 spiro atoms. The van der Waals surface area contributed by atoms with Gasteiger partial charge in [0.15, 0.2) is 0 Å². The Balaban J connectivity index is 1.87. The molecule has 1 aliphatic rings. The highest BCUT2D eigenvalue weighted by molar-refractivity contribution is 5.19. The zero-order valence-electron chi connectivity index (χ0n) is 8.66. The highest BCUT2D eigenvalue weighted by Crippen LogP contribution is 2.24. The Hall–Kier alpha value is -1.09. The van der Waals surface area contributed by atoms with Gasteiger partial charge in [-0.05, 0) is 38.4 Å². The molecule has 1 saturated carbocycles. The van der Waals surface area contributed by atoms with Gasteiger partial charge in [0, 0.05) is 18.3 Å². The molecular weight excluding hydrogens is 176 g/mol. The first-order valence-corrected chi connectivity index (χ1v) is 5.04. The van der Waals surface area contributed by atoms with Crippen molar-refractivity contribution in [2.24, 2.45) is 0 Å². The van der Waals surface area contributed by atoms with E-state index in [9.17, 15) is 0 Å². The van der Waals surface area contributed by atoms with Gasteiger partial charge in [0.05, 0.1) is 0 Å². The molecule has 3 heteroatoms. The van der Waals surface area contributed by atoms with Crippen molar-refractivity contribution in [1.29, 1.82) is 0 Å². The Labute approximate surface area is 84.5 Å². The van der Waals surface area contributed by atoms with Crippen molar-refractivity contribution in [3.05, 3.63) is 23.9 Å². The third-order valence-electron chi connectivity index (χ3n) is 2.68. The predicted molar refractivity (Wildman–Crippen MR) is 55.5 cm³/mol. The summed E-state index contributed by atoms with van der Waals surface area (Å²) >= 11 is 0. The summed E-state index contributed by atoms with van der Waals surface area (Å²) in [6, 6.07) is 4.58. The fourth-order valence-electron chi connectivity index (χ4n) is 1.64. The largest absolute Gasteiger partial charge is 0.474 e. The first-order chi connectivity index (χ1) is 6.78. The number of nitrogens with zero attached hydrogens (tertiary/aromatic N) is 1. The second-order valence-electron chi connectivity index (χ2n) is 3.87. The van der Waals surface area contributed by atoms with E-state index in [1.165, 1.54) is 5.56 Å². The maximum Gasteiger partial charge on any atom is 0.213 e. The SMILES string of the molecule is CNC1CC(Oc2cc(C)ccn2)C1. The topological polar surface area (TPSA) is 34.1 Å². The van der Waals surface area contributed by atoms with Crippen molar-refractivity contribution in [3.8, 4) is 5.88 Å². The summed E-state index contributed by atoms with van der Waals surface area (Å²) in [4.78, 5) is 4.17. The van der Waals surface area contributed by atoms with Gasteiger partial charge in [-0.25, -0.2) is 4.98 Å². The summed E-state index contributed by atoms with van der Waals surface area (Å²) in [7, 11) is 1.99. The standard InChI is InChI=1S/C11H16N2O/c1-8-3-4-13-11(5-8)14-10-6-9(7-10)12-2/h3-5,9-10,12H,6-7H2,1-2H3. The van der Waals surface area contributed by atoms with Crippen LogP contribution in [0.15, 0.2) is 18.3 Å². The lowest BCUT2D eigenvalue weighted by atomic mass is 9.89. The van der Waals surface area contributed by atoms with Gasteiger partial charge in [0.25, 0.3) is 0 Å². The Morgan fingerprint density at radius 3 is 2.93 bits per heavy atom. The van der Waals surface area contributed by atoms with Crippen LogP contribution < -0.4 is 10.1 Å². The van der Waals surface area contributed by atoms with Crippen LogP contribution in [0.25, 0.3) is 0 Å². The van der Waals surface area contributed by atoms with E-state index in [4.69, 9.17) is 4.74 Å². The van der Waals surface area contributed by atoms with Crippen LogP contribution in [0.4, 0.5) is 0 Å². The smallest absolute Gasteiger partial charge is 0.213 e. The normalized spacial score (nSPS) is 25.6. The maximum atomic E-state index is 5.71. The summed E-state index contributed by atoms with van der Waals surface area (Å²) in [6.45, 7) is 2.05. The van der Waals surface area contributed by atoms with Gasteiger partial charge in [0.2, 0.25) is 5.88 Å². The molecule has 1 heterocycles. The minimum atomic E-state index is 0.349. The average Bonchev–Trinajstić information content (AvgIpc) is 2.10. The third kappa shape index (κ3) is 2.04. The van der Waals surface area contributed by atoms with Crippen LogP contribution in [0, 0.1) is 6.92 Å². The Morgan fingerprint density at radius 1 is 1.50 bits per heavy atom. The van der Waals surface area contributed by atoms with Gasteiger partial charge in [-0.1, -0.05) is 0 Å². The Morgan fingerprint density at radius 2 is 2.29 bits per heavy atom. The van der Waals surface area contributed by atoms with Crippen molar-refractivity contribution < 1.29 is 4.74 Å². The summed E-state index contributed by atoms with van der Waals surface area (Å²) in [5, 5.41) is 3.23. The van der Waals surface area contributed by atoms with Crippen molar-refractivity contribution in [2.75, 3.05) is 7.05 Å². The molecule has 1 aromatic heterocycles. The molecular formula is C11H16N2O. The second-order valence-corrected chi connectivity index (χ2v) is 3.87. The average molecular weight is 192 g/mol. The lowest BCUT2D eigenvalue weighted by Crippen LogP contribution is -2.45. The van der Waals surface area contributed by atoms with Crippen LogP contribution in [0.2, 0.25) is 0 Å². The highest BCUT2D eigenvalue weighted by Gasteiger charge is 2.29. The molecule has 2 rings (SSSR count). The molecule has 0 aliphatic heterocycles. The second kappa shape index (κ2) is 3.96. The fourth-order valence-corrected chi connectivity index (χ4v) is 1.64. The fraction of sp³-hybridized carbons (Fsp3) is 0.545. The number of aromatic nitrogens is 1. The Bertz CT molecular complexity index is 308. The van der Waals surface area contributed by atoms with Gasteiger partial charge in [-0.2, -0.15) is 0 Å². The summed E-state index contributed by atoms with van der Waals surface area (Å²) in [6.07, 6.45) is 4.32. The number of aryl methyl sites for hydroxylation is 1. The van der Waals surface area contributed by atoms with Crippen LogP contribution in [0.1, 0.15) is 18.4 Å². The molecule has 1 aromatic rings. The number of ether oxygens (including phenoxy) is 1. The molecule has 0 radical (unpaired) electrons. The number of nitrogens with one attached hydrogen (secondary N) is 1. The highest BCUT2D eigenvalue weighted by atomic mass is 16.5. The van der Waals surface area contributed by atoms with Crippen molar-refractivity contribution in [3.63, 3.8) is 0 Å². The van der Waals surface area contributed by atoms with E-state index in [1.54, 1.807) is 6.20 Å². The monoisotopic (exact) mass is 192 g/mol. The van der Waals surface area contributed by atoms with Gasteiger partial charge in [0.1, 0.15) is 6.10 Å². The van der Waals surface area contributed by atoms with E-state index in [0.29, 0.717) is 12.1 Å². The number of hydrogen-bond donors (Lipinski definition) is 1. The maximum absolute atomic E-state index is 5.71. The molecule has 1 aliphatic carbocycles. The van der Waals surface area contributed by atoms with Crippen LogP contribution in [-0.2, 0) is 0 Å². The molecule has 0 amide bonds. The molecule has 3 nitrogen and oxygen atoms in total. The molecule has 14 heavy (non-hydrogen) atoms. The minimum absolute atomic E-state index is 0.349. The van der Waals surface area contributed by atoms with Crippen LogP contribution in [-0.4, -0.2) is 24.2 Å². The first-order valence-electron chi connectivity index (χ1n) is 5.04. The lowest BCUT2D eigenvalue weighted by molar-refractivity contribution is 0.0838. The van der Waals surface area contributed by atoms with E-state index in [2.05, 4.69) is 10.3 Å². The lowest BCUT2D eigenvalue weighted by Gasteiger charge is -2.34. The summed E-state index contributed by atoms with van der Waals surface area (Å²) < 4.78 is 5.71. The van der Waals surface area contributed by atoms with E-state index in [1.807, 2.05) is 26.1 Å². The van der Waals surface area contributed by atoms with Gasteiger partial charge in [-0.3, -0.25) is 0 Å². The molecule has 0 aromatic carbocycles. The summed E-state index contributed by atoms with van der Waals surface area (Å²) in [5.41, 5.74) is 1.19.